The topological polar surface area (TPSA) is 63.6 Å². The van der Waals surface area contributed by atoms with E-state index in [1.165, 1.54) is 0 Å². The maximum atomic E-state index is 12.5. The van der Waals surface area contributed by atoms with Crippen LogP contribution in [0, 0.1) is 17.3 Å². The molecule has 3 aliphatic rings. The Bertz CT molecular complexity index is 549. The van der Waals surface area contributed by atoms with Gasteiger partial charge in [-0.05, 0) is 39.5 Å². The van der Waals surface area contributed by atoms with Crippen molar-refractivity contribution in [3.8, 4) is 0 Å². The third kappa shape index (κ3) is 1.86. The van der Waals surface area contributed by atoms with E-state index in [-0.39, 0.29) is 24.0 Å². The standard InChI is InChI=1S/C18H24O4/c1-3-4-10-13-14(19)11-18(16(21)22-17(13,18)2)15(20)12-8-6-5-7-9-12/h3-4,6,8,12-13,15,20H,5,7,9-11H2,1-2H3/b4-3+/t12-,13+,15+,17+,18-/m1/s1. The molecule has 4 nitrogen and oxygen atoms in total. The third-order valence-corrected chi connectivity index (χ3v) is 5.87. The van der Waals surface area contributed by atoms with Crippen LogP contribution >= 0.6 is 0 Å². The van der Waals surface area contributed by atoms with Gasteiger partial charge in [0.1, 0.15) is 16.8 Å². The van der Waals surface area contributed by atoms with E-state index in [4.69, 9.17) is 4.74 Å². The lowest BCUT2D eigenvalue weighted by Crippen LogP contribution is -2.70. The predicted octanol–water partition coefficient (Wildman–Crippen LogP) is 2.56. The third-order valence-electron chi connectivity index (χ3n) is 5.87. The molecule has 5 atom stereocenters. The number of Topliss-reactive ketones (excluding diaryl/α,β-unsaturated/α-hetero) is 1. The summed E-state index contributed by atoms with van der Waals surface area (Å²) >= 11 is 0. The van der Waals surface area contributed by atoms with Gasteiger partial charge in [0.15, 0.2) is 0 Å². The van der Waals surface area contributed by atoms with E-state index in [2.05, 4.69) is 6.08 Å². The van der Waals surface area contributed by atoms with E-state index in [0.29, 0.717) is 6.42 Å². The molecule has 1 N–H and O–H groups in total. The normalized spacial score (nSPS) is 42.1. The number of rotatable bonds is 4. The number of hydrogen-bond acceptors (Lipinski definition) is 4. The highest BCUT2D eigenvalue weighted by Gasteiger charge is 2.78. The summed E-state index contributed by atoms with van der Waals surface area (Å²) in [6.45, 7) is 3.73. The summed E-state index contributed by atoms with van der Waals surface area (Å²) in [5, 5.41) is 10.9. The van der Waals surface area contributed by atoms with Crippen molar-refractivity contribution in [3.63, 3.8) is 0 Å². The number of ether oxygens (including phenoxy) is 1. The van der Waals surface area contributed by atoms with Crippen molar-refractivity contribution < 1.29 is 19.4 Å². The Morgan fingerprint density at radius 2 is 2.27 bits per heavy atom. The first-order valence-corrected chi connectivity index (χ1v) is 8.19. The minimum Gasteiger partial charge on any atom is -0.457 e. The maximum Gasteiger partial charge on any atom is 0.319 e. The lowest BCUT2D eigenvalue weighted by atomic mass is 9.60. The number of allylic oxidation sites excluding steroid dienone is 3. The highest BCUT2D eigenvalue weighted by Crippen LogP contribution is 2.62. The number of esters is 1. The van der Waals surface area contributed by atoms with Crippen molar-refractivity contribution in [2.75, 3.05) is 0 Å². The highest BCUT2D eigenvalue weighted by molar-refractivity contribution is 6.00. The van der Waals surface area contributed by atoms with Gasteiger partial charge in [-0.3, -0.25) is 9.59 Å². The van der Waals surface area contributed by atoms with Crippen molar-refractivity contribution in [2.45, 2.75) is 57.7 Å². The number of ketones is 1. The van der Waals surface area contributed by atoms with Crippen LogP contribution in [0.15, 0.2) is 24.3 Å². The van der Waals surface area contributed by atoms with Crippen molar-refractivity contribution in [2.24, 2.45) is 17.3 Å². The fraction of sp³-hybridized carbons (Fsp3) is 0.667. The number of carbonyl (C=O) groups is 2. The zero-order valence-electron chi connectivity index (χ0n) is 13.2. The summed E-state index contributed by atoms with van der Waals surface area (Å²) in [5.74, 6) is -0.777. The molecule has 0 aromatic carbocycles. The fourth-order valence-corrected chi connectivity index (χ4v) is 4.48. The first kappa shape index (κ1) is 15.5. The molecule has 3 rings (SSSR count). The van der Waals surface area contributed by atoms with Gasteiger partial charge in [-0.1, -0.05) is 24.3 Å². The zero-order valence-corrected chi connectivity index (χ0v) is 13.2. The van der Waals surface area contributed by atoms with Crippen LogP contribution in [0.5, 0.6) is 0 Å². The van der Waals surface area contributed by atoms with Gasteiger partial charge in [-0.15, -0.1) is 0 Å². The highest BCUT2D eigenvalue weighted by atomic mass is 16.6. The Labute approximate surface area is 131 Å². The van der Waals surface area contributed by atoms with E-state index < -0.39 is 23.1 Å². The second-order valence-corrected chi connectivity index (χ2v) is 6.94. The van der Waals surface area contributed by atoms with Crippen LogP contribution in [0.25, 0.3) is 0 Å². The van der Waals surface area contributed by atoms with Crippen molar-refractivity contribution in [3.05, 3.63) is 24.3 Å². The Kier molecular flexibility index (Phi) is 3.76. The SMILES string of the molecule is C/C=C/C[C@H]1C(=O)C[C@@]2([C@@H](O)[C@@H]3C=CCCC3)C(=O)O[C@@]12C. The molecule has 0 unspecified atom stereocenters. The summed E-state index contributed by atoms with van der Waals surface area (Å²) in [4.78, 5) is 24.8. The molecule has 1 heterocycles. The van der Waals surface area contributed by atoms with Crippen LogP contribution in [0.2, 0.25) is 0 Å². The molecule has 120 valence electrons. The largest absolute Gasteiger partial charge is 0.457 e. The van der Waals surface area contributed by atoms with Crippen molar-refractivity contribution >= 4 is 11.8 Å². The van der Waals surface area contributed by atoms with Gasteiger partial charge in [0.25, 0.3) is 0 Å². The Balaban J connectivity index is 1.93. The molecule has 2 aliphatic carbocycles. The number of aliphatic hydroxyl groups excluding tert-OH is 1. The van der Waals surface area contributed by atoms with Crippen LogP contribution in [-0.2, 0) is 14.3 Å². The van der Waals surface area contributed by atoms with Gasteiger partial charge in [0.2, 0.25) is 0 Å². The molecular formula is C18H24O4. The van der Waals surface area contributed by atoms with Crippen molar-refractivity contribution in [1.29, 1.82) is 0 Å². The van der Waals surface area contributed by atoms with Gasteiger partial charge >= 0.3 is 5.97 Å². The molecule has 0 aromatic rings. The minimum atomic E-state index is -1.05. The number of hydrogen-bond donors (Lipinski definition) is 1. The molecule has 1 saturated heterocycles. The summed E-state index contributed by atoms with van der Waals surface area (Å²) in [5.41, 5.74) is -1.92. The number of fused-ring (bicyclic) bond motifs is 1. The molecule has 0 radical (unpaired) electrons. The molecular weight excluding hydrogens is 280 g/mol. The molecule has 4 heteroatoms. The first-order valence-electron chi connectivity index (χ1n) is 8.19. The molecule has 0 spiro atoms. The first-order chi connectivity index (χ1) is 10.5. The zero-order chi connectivity index (χ0) is 16.0. The maximum absolute atomic E-state index is 12.5. The Hall–Kier alpha value is -1.42. The van der Waals surface area contributed by atoms with E-state index in [1.54, 1.807) is 0 Å². The van der Waals surface area contributed by atoms with E-state index in [1.807, 2.05) is 32.1 Å². The fourth-order valence-electron chi connectivity index (χ4n) is 4.48. The molecule has 2 fully saturated rings. The Morgan fingerprint density at radius 1 is 1.50 bits per heavy atom. The quantitative estimate of drug-likeness (QED) is 0.640. The summed E-state index contributed by atoms with van der Waals surface area (Å²) in [6, 6.07) is 0. The summed E-state index contributed by atoms with van der Waals surface area (Å²) in [6.07, 6.45) is 10.6. The van der Waals surface area contributed by atoms with E-state index in [0.717, 1.165) is 19.3 Å². The van der Waals surface area contributed by atoms with Gasteiger partial charge < -0.3 is 9.84 Å². The summed E-state index contributed by atoms with van der Waals surface area (Å²) in [7, 11) is 0. The number of carbonyl (C=O) groups excluding carboxylic acids is 2. The molecule has 0 amide bonds. The minimum absolute atomic E-state index is 0.0327. The Morgan fingerprint density at radius 3 is 2.86 bits per heavy atom. The lowest BCUT2D eigenvalue weighted by Gasteiger charge is -2.55. The van der Waals surface area contributed by atoms with Crippen LogP contribution < -0.4 is 0 Å². The van der Waals surface area contributed by atoms with Crippen LogP contribution in [0.4, 0.5) is 0 Å². The molecule has 0 aromatic heterocycles. The van der Waals surface area contributed by atoms with Gasteiger partial charge in [0, 0.05) is 12.3 Å². The average Bonchev–Trinajstić information content (AvgIpc) is 2.69. The van der Waals surface area contributed by atoms with Gasteiger partial charge in [-0.2, -0.15) is 0 Å². The van der Waals surface area contributed by atoms with Crippen LogP contribution in [0.1, 0.15) is 46.0 Å². The van der Waals surface area contributed by atoms with E-state index >= 15 is 0 Å². The predicted molar refractivity (Wildman–Crippen MR) is 82.0 cm³/mol. The molecule has 1 aliphatic heterocycles. The molecule has 0 bridgehead atoms. The number of aliphatic hydroxyl groups is 1. The van der Waals surface area contributed by atoms with E-state index in [9.17, 15) is 14.7 Å². The van der Waals surface area contributed by atoms with Crippen LogP contribution in [0.3, 0.4) is 0 Å². The molecule has 22 heavy (non-hydrogen) atoms. The van der Waals surface area contributed by atoms with Gasteiger partial charge in [-0.25, -0.2) is 0 Å². The van der Waals surface area contributed by atoms with Crippen LogP contribution in [-0.4, -0.2) is 28.6 Å². The lowest BCUT2D eigenvalue weighted by molar-refractivity contribution is -0.262. The second kappa shape index (κ2) is 5.34. The van der Waals surface area contributed by atoms with Gasteiger partial charge in [0.05, 0.1) is 12.0 Å². The monoisotopic (exact) mass is 304 g/mol. The second-order valence-electron chi connectivity index (χ2n) is 6.94. The smallest absolute Gasteiger partial charge is 0.319 e. The van der Waals surface area contributed by atoms with Crippen molar-refractivity contribution in [1.82, 2.24) is 0 Å². The molecule has 1 saturated carbocycles. The summed E-state index contributed by atoms with van der Waals surface area (Å²) < 4.78 is 5.47. The average molecular weight is 304 g/mol.